The molecule has 1 fully saturated rings. The molecule has 0 aliphatic heterocycles. The Hall–Kier alpha value is -1.09. The standard InChI is InChI=1S/C16H24FNO/c1-3-16(9-4-5-10-16)12-18-11-13-7-6-8-14(19-2)15(13)17/h6-8,18H,3-5,9-12H2,1-2H3. The number of methoxy groups -OCH3 is 1. The summed E-state index contributed by atoms with van der Waals surface area (Å²) in [6.45, 7) is 3.82. The van der Waals surface area contributed by atoms with Gasteiger partial charge in [0, 0.05) is 18.7 Å². The van der Waals surface area contributed by atoms with Crippen molar-refractivity contribution in [2.75, 3.05) is 13.7 Å². The molecular formula is C16H24FNO. The van der Waals surface area contributed by atoms with E-state index in [0.29, 0.717) is 23.3 Å². The third kappa shape index (κ3) is 3.27. The number of rotatable bonds is 6. The van der Waals surface area contributed by atoms with Gasteiger partial charge in [0.15, 0.2) is 11.6 Å². The van der Waals surface area contributed by atoms with E-state index in [-0.39, 0.29) is 5.82 Å². The minimum Gasteiger partial charge on any atom is -0.494 e. The van der Waals surface area contributed by atoms with E-state index in [0.717, 1.165) is 6.54 Å². The van der Waals surface area contributed by atoms with Gasteiger partial charge in [-0.05, 0) is 30.7 Å². The van der Waals surface area contributed by atoms with Gasteiger partial charge in [-0.15, -0.1) is 0 Å². The van der Waals surface area contributed by atoms with E-state index >= 15 is 0 Å². The quantitative estimate of drug-likeness (QED) is 0.842. The summed E-state index contributed by atoms with van der Waals surface area (Å²) in [6, 6.07) is 5.31. The van der Waals surface area contributed by atoms with Crippen LogP contribution < -0.4 is 10.1 Å². The lowest BCUT2D eigenvalue weighted by molar-refractivity contribution is 0.267. The molecule has 1 aliphatic carbocycles. The highest BCUT2D eigenvalue weighted by Crippen LogP contribution is 2.40. The van der Waals surface area contributed by atoms with Crippen LogP contribution in [0.15, 0.2) is 18.2 Å². The number of benzene rings is 1. The van der Waals surface area contributed by atoms with Crippen LogP contribution in [-0.2, 0) is 6.54 Å². The van der Waals surface area contributed by atoms with Crippen molar-refractivity contribution in [3.05, 3.63) is 29.6 Å². The van der Waals surface area contributed by atoms with Gasteiger partial charge < -0.3 is 10.1 Å². The Labute approximate surface area is 115 Å². The van der Waals surface area contributed by atoms with Crippen molar-refractivity contribution in [1.82, 2.24) is 5.32 Å². The van der Waals surface area contributed by atoms with Gasteiger partial charge in [0.1, 0.15) is 0 Å². The monoisotopic (exact) mass is 265 g/mol. The highest BCUT2D eigenvalue weighted by atomic mass is 19.1. The predicted molar refractivity (Wildman–Crippen MR) is 75.9 cm³/mol. The fraction of sp³-hybridized carbons (Fsp3) is 0.625. The number of ether oxygens (including phenoxy) is 1. The van der Waals surface area contributed by atoms with Gasteiger partial charge in [-0.2, -0.15) is 0 Å². The van der Waals surface area contributed by atoms with Crippen LogP contribution in [0.1, 0.15) is 44.6 Å². The topological polar surface area (TPSA) is 21.3 Å². The first-order valence-electron chi connectivity index (χ1n) is 7.23. The maximum atomic E-state index is 14.0. The molecule has 1 saturated carbocycles. The van der Waals surface area contributed by atoms with Crippen molar-refractivity contribution in [1.29, 1.82) is 0 Å². The second kappa shape index (κ2) is 6.38. The molecule has 3 heteroatoms. The maximum absolute atomic E-state index is 14.0. The summed E-state index contributed by atoms with van der Waals surface area (Å²) in [7, 11) is 1.50. The first kappa shape index (κ1) is 14.3. The second-order valence-corrected chi connectivity index (χ2v) is 5.60. The van der Waals surface area contributed by atoms with Crippen molar-refractivity contribution in [3.8, 4) is 5.75 Å². The molecule has 1 aromatic rings. The van der Waals surface area contributed by atoms with Gasteiger partial charge in [-0.3, -0.25) is 0 Å². The smallest absolute Gasteiger partial charge is 0.169 e. The lowest BCUT2D eigenvalue weighted by Gasteiger charge is -2.27. The van der Waals surface area contributed by atoms with Crippen molar-refractivity contribution in [2.45, 2.75) is 45.6 Å². The summed E-state index contributed by atoms with van der Waals surface area (Å²) in [4.78, 5) is 0. The van der Waals surface area contributed by atoms with Gasteiger partial charge >= 0.3 is 0 Å². The van der Waals surface area contributed by atoms with E-state index in [4.69, 9.17) is 4.74 Å². The predicted octanol–water partition coefficient (Wildman–Crippen LogP) is 3.89. The summed E-state index contributed by atoms with van der Waals surface area (Å²) in [6.07, 6.45) is 6.49. The fourth-order valence-electron chi connectivity index (χ4n) is 3.09. The molecule has 106 valence electrons. The highest BCUT2D eigenvalue weighted by molar-refractivity contribution is 5.30. The van der Waals surface area contributed by atoms with Crippen molar-refractivity contribution in [2.24, 2.45) is 5.41 Å². The summed E-state index contributed by atoms with van der Waals surface area (Å²) in [5, 5.41) is 3.43. The Morgan fingerprint density at radius 1 is 1.32 bits per heavy atom. The highest BCUT2D eigenvalue weighted by Gasteiger charge is 2.31. The Balaban J connectivity index is 1.92. The molecule has 2 rings (SSSR count). The zero-order valence-electron chi connectivity index (χ0n) is 12.0. The third-order valence-corrected chi connectivity index (χ3v) is 4.49. The Kier molecular flexibility index (Phi) is 4.81. The fourth-order valence-corrected chi connectivity index (χ4v) is 3.09. The van der Waals surface area contributed by atoms with E-state index in [1.54, 1.807) is 6.07 Å². The summed E-state index contributed by atoms with van der Waals surface area (Å²) in [5.41, 5.74) is 1.12. The van der Waals surface area contributed by atoms with Crippen LogP contribution in [0.4, 0.5) is 4.39 Å². The molecule has 0 spiro atoms. The average Bonchev–Trinajstić information content (AvgIpc) is 2.90. The Morgan fingerprint density at radius 3 is 2.68 bits per heavy atom. The van der Waals surface area contributed by atoms with E-state index in [1.165, 1.54) is 39.2 Å². The van der Waals surface area contributed by atoms with Crippen LogP contribution in [0.25, 0.3) is 0 Å². The minimum absolute atomic E-state index is 0.241. The van der Waals surface area contributed by atoms with Crippen LogP contribution in [0.3, 0.4) is 0 Å². The van der Waals surface area contributed by atoms with Crippen molar-refractivity contribution >= 4 is 0 Å². The van der Waals surface area contributed by atoms with Crippen LogP contribution in [0.2, 0.25) is 0 Å². The van der Waals surface area contributed by atoms with Crippen molar-refractivity contribution < 1.29 is 9.13 Å². The lowest BCUT2D eigenvalue weighted by atomic mass is 9.83. The van der Waals surface area contributed by atoms with Gasteiger partial charge in [0.2, 0.25) is 0 Å². The SMILES string of the molecule is CCC1(CNCc2cccc(OC)c2F)CCCC1. The molecule has 0 radical (unpaired) electrons. The van der Waals surface area contributed by atoms with Gasteiger partial charge in [-0.1, -0.05) is 31.9 Å². The minimum atomic E-state index is -0.241. The van der Waals surface area contributed by atoms with E-state index < -0.39 is 0 Å². The van der Waals surface area contributed by atoms with Crippen LogP contribution in [0, 0.1) is 11.2 Å². The maximum Gasteiger partial charge on any atom is 0.169 e. The largest absolute Gasteiger partial charge is 0.494 e. The molecule has 2 nitrogen and oxygen atoms in total. The average molecular weight is 265 g/mol. The van der Waals surface area contributed by atoms with Gasteiger partial charge in [-0.25, -0.2) is 4.39 Å². The zero-order valence-corrected chi connectivity index (χ0v) is 12.0. The second-order valence-electron chi connectivity index (χ2n) is 5.60. The first-order chi connectivity index (χ1) is 9.21. The van der Waals surface area contributed by atoms with Crippen molar-refractivity contribution in [3.63, 3.8) is 0 Å². The van der Waals surface area contributed by atoms with Crippen LogP contribution in [-0.4, -0.2) is 13.7 Å². The van der Waals surface area contributed by atoms with Crippen LogP contribution in [0.5, 0.6) is 5.75 Å². The number of hydrogen-bond acceptors (Lipinski definition) is 2. The Bertz CT molecular complexity index is 413. The van der Waals surface area contributed by atoms with Crippen LogP contribution >= 0.6 is 0 Å². The number of halogens is 1. The number of hydrogen-bond donors (Lipinski definition) is 1. The Morgan fingerprint density at radius 2 is 2.05 bits per heavy atom. The molecule has 0 bridgehead atoms. The molecule has 0 unspecified atom stereocenters. The lowest BCUT2D eigenvalue weighted by Crippen LogP contribution is -2.31. The molecule has 1 N–H and O–H groups in total. The first-order valence-corrected chi connectivity index (χ1v) is 7.23. The molecule has 1 aromatic carbocycles. The molecule has 0 amide bonds. The molecular weight excluding hydrogens is 241 g/mol. The van der Waals surface area contributed by atoms with Gasteiger partial charge in [0.25, 0.3) is 0 Å². The van der Waals surface area contributed by atoms with E-state index in [2.05, 4.69) is 12.2 Å². The molecule has 19 heavy (non-hydrogen) atoms. The molecule has 0 aromatic heterocycles. The third-order valence-electron chi connectivity index (χ3n) is 4.49. The summed E-state index contributed by atoms with van der Waals surface area (Å²) in [5.74, 6) is 0.0832. The molecule has 0 saturated heterocycles. The summed E-state index contributed by atoms with van der Waals surface area (Å²) >= 11 is 0. The summed E-state index contributed by atoms with van der Waals surface area (Å²) < 4.78 is 19.0. The van der Waals surface area contributed by atoms with E-state index in [9.17, 15) is 4.39 Å². The van der Waals surface area contributed by atoms with Gasteiger partial charge in [0.05, 0.1) is 7.11 Å². The van der Waals surface area contributed by atoms with E-state index in [1.807, 2.05) is 12.1 Å². The normalized spacial score (nSPS) is 17.6. The molecule has 0 heterocycles. The molecule has 1 aliphatic rings. The molecule has 0 atom stereocenters. The zero-order chi connectivity index (χ0) is 13.7. The number of nitrogens with one attached hydrogen (secondary N) is 1.